The number of anilines is 3. The van der Waals surface area contributed by atoms with Crippen LogP contribution in [0, 0.1) is 0 Å². The third-order valence-electron chi connectivity index (χ3n) is 5.76. The number of carbonyl (C=O) groups excluding carboxylic acids is 3. The van der Waals surface area contributed by atoms with Gasteiger partial charge in [-0.05, 0) is 38.4 Å². The minimum absolute atomic E-state index is 0.195. The zero-order valence-electron chi connectivity index (χ0n) is 22.4. The van der Waals surface area contributed by atoms with Crippen molar-refractivity contribution in [2.24, 2.45) is 14.1 Å². The van der Waals surface area contributed by atoms with Crippen LogP contribution in [0.2, 0.25) is 0 Å². The average molecular weight is 579 g/mol. The molecule has 1 aromatic carbocycles. The molecule has 39 heavy (non-hydrogen) atoms. The fraction of sp³-hybridized carbons (Fsp3) is 0.400. The van der Waals surface area contributed by atoms with Gasteiger partial charge in [0, 0.05) is 75.4 Å². The predicted molar refractivity (Wildman–Crippen MR) is 153 cm³/mol. The summed E-state index contributed by atoms with van der Waals surface area (Å²) in [4.78, 5) is 42.1. The molecule has 2 heterocycles. The molecule has 12 nitrogen and oxygen atoms in total. The van der Waals surface area contributed by atoms with E-state index in [4.69, 9.17) is 23.2 Å². The quantitative estimate of drug-likeness (QED) is 0.266. The second-order valence-electron chi connectivity index (χ2n) is 8.96. The number of amides is 3. The van der Waals surface area contributed by atoms with Crippen molar-refractivity contribution in [2.45, 2.75) is 0 Å². The lowest BCUT2D eigenvalue weighted by atomic mass is 10.2. The minimum Gasteiger partial charge on any atom is -0.369 e. The predicted octanol–water partition coefficient (Wildman–Crippen LogP) is 2.23. The Morgan fingerprint density at radius 2 is 1.31 bits per heavy atom. The number of halogens is 2. The molecule has 0 fully saturated rings. The number of hydrogen-bond donors (Lipinski definition) is 3. The average Bonchev–Trinajstić information content (AvgIpc) is 3.44. The molecule has 2 aromatic heterocycles. The van der Waals surface area contributed by atoms with Gasteiger partial charge in [-0.2, -0.15) is 10.2 Å². The molecule has 0 aliphatic heterocycles. The number of rotatable bonds is 13. The zero-order valence-corrected chi connectivity index (χ0v) is 23.9. The first-order valence-corrected chi connectivity index (χ1v) is 13.3. The molecule has 0 atom stereocenters. The van der Waals surface area contributed by atoms with E-state index in [2.05, 4.69) is 26.1 Å². The van der Waals surface area contributed by atoms with Crippen molar-refractivity contribution < 1.29 is 14.4 Å². The van der Waals surface area contributed by atoms with Crippen LogP contribution < -0.4 is 20.9 Å². The molecule has 0 saturated heterocycles. The maximum atomic E-state index is 12.9. The largest absolute Gasteiger partial charge is 0.369 e. The van der Waals surface area contributed by atoms with Crippen LogP contribution in [0.5, 0.6) is 0 Å². The third kappa shape index (κ3) is 8.19. The van der Waals surface area contributed by atoms with Gasteiger partial charge < -0.3 is 25.8 Å². The van der Waals surface area contributed by atoms with E-state index in [0.29, 0.717) is 49.2 Å². The second-order valence-corrected chi connectivity index (χ2v) is 9.71. The summed E-state index contributed by atoms with van der Waals surface area (Å²) in [5.74, 6) is 0.185. The molecule has 0 aliphatic carbocycles. The van der Waals surface area contributed by atoms with Crippen molar-refractivity contribution in [3.05, 3.63) is 53.3 Å². The van der Waals surface area contributed by atoms with Crippen molar-refractivity contribution in [3.63, 3.8) is 0 Å². The summed E-state index contributed by atoms with van der Waals surface area (Å²) in [5, 5.41) is 16.6. The van der Waals surface area contributed by atoms with Crippen molar-refractivity contribution in [2.75, 3.05) is 67.6 Å². The van der Waals surface area contributed by atoms with E-state index in [9.17, 15) is 14.4 Å². The summed E-state index contributed by atoms with van der Waals surface area (Å²) in [5.41, 5.74) is 1.84. The van der Waals surface area contributed by atoms with Gasteiger partial charge in [0.05, 0.1) is 0 Å². The van der Waals surface area contributed by atoms with Gasteiger partial charge in [0.1, 0.15) is 11.4 Å². The summed E-state index contributed by atoms with van der Waals surface area (Å²) < 4.78 is 2.74. The van der Waals surface area contributed by atoms with Gasteiger partial charge in [0.2, 0.25) is 0 Å². The molecular weight excluding hydrogens is 545 g/mol. The number of aryl methyl sites for hydroxylation is 2. The highest BCUT2D eigenvalue weighted by molar-refractivity contribution is 6.18. The first-order chi connectivity index (χ1) is 18.6. The maximum absolute atomic E-state index is 12.9. The Morgan fingerprint density at radius 1 is 0.795 bits per heavy atom. The summed E-state index contributed by atoms with van der Waals surface area (Å²) in [6.07, 6.45) is 0. The van der Waals surface area contributed by atoms with E-state index < -0.39 is 5.91 Å². The van der Waals surface area contributed by atoms with Crippen LogP contribution in [0.3, 0.4) is 0 Å². The van der Waals surface area contributed by atoms with Crippen LogP contribution in [-0.2, 0) is 14.1 Å². The van der Waals surface area contributed by atoms with Crippen molar-refractivity contribution in [1.82, 2.24) is 29.8 Å². The second kappa shape index (κ2) is 14.0. The molecule has 210 valence electrons. The van der Waals surface area contributed by atoms with Crippen LogP contribution in [-0.4, -0.2) is 94.2 Å². The minimum atomic E-state index is -0.494. The van der Waals surface area contributed by atoms with E-state index in [1.54, 1.807) is 26.2 Å². The summed E-state index contributed by atoms with van der Waals surface area (Å²) in [6.45, 7) is 2.46. The molecule has 0 unspecified atom stereocenters. The van der Waals surface area contributed by atoms with Gasteiger partial charge in [-0.1, -0.05) is 0 Å². The number of carbonyl (C=O) groups is 3. The number of aromatic nitrogens is 4. The van der Waals surface area contributed by atoms with E-state index >= 15 is 0 Å². The lowest BCUT2D eigenvalue weighted by molar-refractivity contribution is 0.0940. The zero-order chi connectivity index (χ0) is 28.5. The number of nitrogens with one attached hydrogen (secondary N) is 3. The molecule has 3 rings (SSSR count). The monoisotopic (exact) mass is 577 g/mol. The maximum Gasteiger partial charge on any atom is 0.275 e. The molecule has 3 N–H and O–H groups in total. The van der Waals surface area contributed by atoms with Crippen LogP contribution in [0.15, 0.2) is 36.4 Å². The standard InChI is InChI=1S/C25H33Cl2N9O3/c1-33(2)14-11-28-24(38)19-15-22(32-34(19)3)30-25(39)20-16-21(31-35(20)4)29-23(37)17-5-7-18(8-6-17)36(12-9-26)13-10-27/h5-8,15-16H,9-14H2,1-4H3,(H,28,38)(H,29,31,37)(H,30,32,39). The van der Waals surface area contributed by atoms with Crippen LogP contribution in [0.1, 0.15) is 31.3 Å². The van der Waals surface area contributed by atoms with Gasteiger partial charge >= 0.3 is 0 Å². The van der Waals surface area contributed by atoms with E-state index in [0.717, 1.165) is 5.69 Å². The van der Waals surface area contributed by atoms with Gasteiger partial charge in [-0.15, -0.1) is 23.2 Å². The third-order valence-corrected chi connectivity index (χ3v) is 6.09. The molecule has 0 saturated carbocycles. The molecule has 0 radical (unpaired) electrons. The summed E-state index contributed by atoms with van der Waals surface area (Å²) >= 11 is 11.7. The number of alkyl halides is 2. The Labute approximate surface area is 237 Å². The molecule has 3 aromatic rings. The highest BCUT2D eigenvalue weighted by Crippen LogP contribution is 2.18. The highest BCUT2D eigenvalue weighted by Gasteiger charge is 2.19. The van der Waals surface area contributed by atoms with E-state index in [1.807, 2.05) is 36.0 Å². The molecule has 0 aliphatic rings. The molecule has 0 spiro atoms. The van der Waals surface area contributed by atoms with Crippen LogP contribution in [0.25, 0.3) is 0 Å². The fourth-order valence-corrected chi connectivity index (χ4v) is 4.14. The van der Waals surface area contributed by atoms with Crippen LogP contribution >= 0.6 is 23.2 Å². The Morgan fingerprint density at radius 3 is 1.82 bits per heavy atom. The normalized spacial score (nSPS) is 10.9. The molecule has 3 amide bonds. The Bertz CT molecular complexity index is 1280. The summed E-state index contributed by atoms with van der Waals surface area (Å²) in [7, 11) is 7.04. The SMILES string of the molecule is CN(C)CCNC(=O)c1cc(NC(=O)c2cc(NC(=O)c3ccc(N(CCCl)CCCl)cc3)nn2C)nn1C. The smallest absolute Gasteiger partial charge is 0.275 e. The van der Waals surface area contributed by atoms with Gasteiger partial charge in [0.15, 0.2) is 11.6 Å². The Kier molecular flexibility index (Phi) is 10.7. The number of hydrogen-bond acceptors (Lipinski definition) is 7. The fourth-order valence-electron chi connectivity index (χ4n) is 3.73. The molecular formula is C25H33Cl2N9O3. The lowest BCUT2D eigenvalue weighted by Crippen LogP contribution is -2.32. The molecule has 14 heteroatoms. The number of likely N-dealkylation sites (N-methyl/N-ethyl adjacent to an activating group) is 1. The van der Waals surface area contributed by atoms with Crippen molar-refractivity contribution in [1.29, 1.82) is 0 Å². The summed E-state index contributed by atoms with van der Waals surface area (Å²) in [6, 6.07) is 10.0. The van der Waals surface area contributed by atoms with Gasteiger partial charge in [-0.3, -0.25) is 23.7 Å². The topological polar surface area (TPSA) is 129 Å². The van der Waals surface area contributed by atoms with Crippen LogP contribution in [0.4, 0.5) is 17.3 Å². The van der Waals surface area contributed by atoms with E-state index in [-0.39, 0.29) is 29.1 Å². The Hall–Kier alpha value is -3.61. The first kappa shape index (κ1) is 29.9. The Balaban J connectivity index is 1.63. The first-order valence-electron chi connectivity index (χ1n) is 12.2. The highest BCUT2D eigenvalue weighted by atomic mass is 35.5. The number of benzene rings is 1. The van der Waals surface area contributed by atoms with Gasteiger partial charge in [-0.25, -0.2) is 0 Å². The number of nitrogens with zero attached hydrogens (tertiary/aromatic N) is 6. The van der Waals surface area contributed by atoms with Crippen molar-refractivity contribution in [3.8, 4) is 0 Å². The lowest BCUT2D eigenvalue weighted by Gasteiger charge is -2.22. The van der Waals surface area contributed by atoms with Gasteiger partial charge in [0.25, 0.3) is 17.7 Å². The van der Waals surface area contributed by atoms with E-state index in [1.165, 1.54) is 21.5 Å². The van der Waals surface area contributed by atoms with Crippen molar-refractivity contribution >= 4 is 58.2 Å². The molecule has 0 bridgehead atoms.